The fourth-order valence-electron chi connectivity index (χ4n) is 1.44. The molecule has 1 aromatic rings. The van der Waals surface area contributed by atoms with Crippen molar-refractivity contribution in [2.75, 3.05) is 5.75 Å². The van der Waals surface area contributed by atoms with E-state index >= 15 is 0 Å². The molecule has 0 bridgehead atoms. The summed E-state index contributed by atoms with van der Waals surface area (Å²) in [6.45, 7) is 5.29. The van der Waals surface area contributed by atoms with Crippen molar-refractivity contribution in [1.29, 1.82) is 0 Å². The molecule has 1 heterocycles. The van der Waals surface area contributed by atoms with E-state index in [1.807, 2.05) is 13.8 Å². The van der Waals surface area contributed by atoms with E-state index in [0.29, 0.717) is 5.16 Å². The first-order valence-corrected chi connectivity index (χ1v) is 6.69. The number of carbonyl (C=O) groups is 2. The number of thioether (sulfide) groups is 1. The third kappa shape index (κ3) is 4.83. The highest BCUT2D eigenvalue weighted by atomic mass is 32.2. The van der Waals surface area contributed by atoms with Crippen molar-refractivity contribution in [2.45, 2.75) is 32.0 Å². The quantitative estimate of drug-likeness (QED) is 0.621. The van der Waals surface area contributed by atoms with Crippen LogP contribution in [0.25, 0.3) is 0 Å². The summed E-state index contributed by atoms with van der Waals surface area (Å²) in [4.78, 5) is 31.1. The molecule has 1 amide bonds. The molecule has 6 heteroatoms. The number of Topliss-reactive ketones (excluding diaryl/α,β-unsaturated/α-hetero) is 1. The van der Waals surface area contributed by atoms with Crippen LogP contribution < -0.4 is 5.32 Å². The second-order valence-electron chi connectivity index (χ2n) is 4.22. The summed E-state index contributed by atoms with van der Waals surface area (Å²) in [5.74, 6) is 0.0886. The lowest BCUT2D eigenvalue weighted by atomic mass is 10.0. The molecule has 0 fully saturated rings. The molecule has 0 aliphatic rings. The molecular weight excluding hydrogens is 250 g/mol. The SMILES string of the molecule is CC(=O)C(NC(=O)CSc1ncccn1)C(C)C. The van der Waals surface area contributed by atoms with E-state index in [1.54, 1.807) is 18.5 Å². The van der Waals surface area contributed by atoms with Gasteiger partial charge in [-0.15, -0.1) is 0 Å². The summed E-state index contributed by atoms with van der Waals surface area (Å²) in [5, 5.41) is 3.27. The Balaban J connectivity index is 2.44. The van der Waals surface area contributed by atoms with Gasteiger partial charge in [0.2, 0.25) is 5.91 Å². The first kappa shape index (κ1) is 14.6. The zero-order valence-electron chi connectivity index (χ0n) is 10.7. The molecular formula is C12H17N3O2S. The van der Waals surface area contributed by atoms with Crippen molar-refractivity contribution in [1.82, 2.24) is 15.3 Å². The molecule has 0 radical (unpaired) electrons. The number of aromatic nitrogens is 2. The van der Waals surface area contributed by atoms with Gasteiger partial charge in [0.25, 0.3) is 0 Å². The van der Waals surface area contributed by atoms with Gasteiger partial charge in [0, 0.05) is 12.4 Å². The van der Waals surface area contributed by atoms with E-state index in [-0.39, 0.29) is 23.4 Å². The molecule has 98 valence electrons. The molecule has 1 rings (SSSR count). The summed E-state index contributed by atoms with van der Waals surface area (Å²) in [5.41, 5.74) is 0. The van der Waals surface area contributed by atoms with Gasteiger partial charge in [-0.05, 0) is 18.9 Å². The van der Waals surface area contributed by atoms with Gasteiger partial charge < -0.3 is 5.32 Å². The molecule has 1 N–H and O–H groups in total. The van der Waals surface area contributed by atoms with Crippen molar-refractivity contribution in [3.63, 3.8) is 0 Å². The second kappa shape index (κ2) is 7.10. The van der Waals surface area contributed by atoms with Crippen LogP contribution in [-0.2, 0) is 9.59 Å². The first-order chi connectivity index (χ1) is 8.50. The predicted octanol–water partition coefficient (Wildman–Crippen LogP) is 1.30. The van der Waals surface area contributed by atoms with Gasteiger partial charge in [-0.1, -0.05) is 25.6 Å². The number of nitrogens with one attached hydrogen (secondary N) is 1. The van der Waals surface area contributed by atoms with Gasteiger partial charge in [0.1, 0.15) is 0 Å². The number of rotatable bonds is 6. The molecule has 0 aliphatic carbocycles. The Kier molecular flexibility index (Phi) is 5.77. The topological polar surface area (TPSA) is 72.0 Å². The van der Waals surface area contributed by atoms with Crippen LogP contribution in [0.15, 0.2) is 23.6 Å². The Labute approximate surface area is 111 Å². The zero-order valence-corrected chi connectivity index (χ0v) is 11.5. The van der Waals surface area contributed by atoms with Gasteiger partial charge in [0.15, 0.2) is 10.9 Å². The van der Waals surface area contributed by atoms with Crippen molar-refractivity contribution in [3.05, 3.63) is 18.5 Å². The summed E-state index contributed by atoms with van der Waals surface area (Å²) in [7, 11) is 0. The Bertz CT molecular complexity index is 409. The fraction of sp³-hybridized carbons (Fsp3) is 0.500. The van der Waals surface area contributed by atoms with Gasteiger partial charge in [0.05, 0.1) is 11.8 Å². The molecule has 5 nitrogen and oxygen atoms in total. The maximum Gasteiger partial charge on any atom is 0.231 e. The lowest BCUT2D eigenvalue weighted by molar-refractivity contribution is -0.126. The number of amides is 1. The summed E-state index contributed by atoms with van der Waals surface area (Å²) in [6.07, 6.45) is 3.25. The van der Waals surface area contributed by atoms with Crippen molar-refractivity contribution in [2.24, 2.45) is 5.92 Å². The molecule has 1 unspecified atom stereocenters. The van der Waals surface area contributed by atoms with E-state index < -0.39 is 6.04 Å². The van der Waals surface area contributed by atoms with Gasteiger partial charge in [-0.3, -0.25) is 9.59 Å². The maximum atomic E-state index is 11.7. The standard InChI is InChI=1S/C12H17N3O2S/c1-8(2)11(9(3)16)15-10(17)7-18-12-13-5-4-6-14-12/h4-6,8,11H,7H2,1-3H3,(H,15,17). The van der Waals surface area contributed by atoms with E-state index in [0.717, 1.165) is 0 Å². The van der Waals surface area contributed by atoms with Crippen LogP contribution in [0.2, 0.25) is 0 Å². The summed E-state index contributed by atoms with van der Waals surface area (Å²) >= 11 is 1.25. The minimum atomic E-state index is -0.421. The van der Waals surface area contributed by atoms with Crippen LogP contribution in [-0.4, -0.2) is 33.5 Å². The van der Waals surface area contributed by atoms with Crippen molar-refractivity contribution < 1.29 is 9.59 Å². The Morgan fingerprint density at radius 3 is 2.44 bits per heavy atom. The van der Waals surface area contributed by atoms with Crippen LogP contribution in [0, 0.1) is 5.92 Å². The van der Waals surface area contributed by atoms with Crippen LogP contribution in [0.3, 0.4) is 0 Å². The highest BCUT2D eigenvalue weighted by molar-refractivity contribution is 7.99. The number of ketones is 1. The third-order valence-electron chi connectivity index (χ3n) is 2.30. The van der Waals surface area contributed by atoms with Crippen LogP contribution in [0.5, 0.6) is 0 Å². The summed E-state index contributed by atoms with van der Waals surface area (Å²) < 4.78 is 0. The minimum Gasteiger partial charge on any atom is -0.345 e. The van der Waals surface area contributed by atoms with Crippen molar-refractivity contribution in [3.8, 4) is 0 Å². The third-order valence-corrected chi connectivity index (χ3v) is 3.17. The molecule has 0 aromatic carbocycles. The molecule has 0 spiro atoms. The van der Waals surface area contributed by atoms with E-state index in [1.165, 1.54) is 18.7 Å². The second-order valence-corrected chi connectivity index (χ2v) is 5.16. The number of hydrogen-bond acceptors (Lipinski definition) is 5. The average Bonchev–Trinajstić information content (AvgIpc) is 2.34. The predicted molar refractivity (Wildman–Crippen MR) is 70.2 cm³/mol. The lowest BCUT2D eigenvalue weighted by Gasteiger charge is -2.19. The minimum absolute atomic E-state index is 0.0284. The van der Waals surface area contributed by atoms with E-state index in [9.17, 15) is 9.59 Å². The first-order valence-electron chi connectivity index (χ1n) is 5.70. The fourth-order valence-corrected chi connectivity index (χ4v) is 2.06. The Hall–Kier alpha value is -1.43. The number of carbonyl (C=O) groups excluding carboxylic acids is 2. The number of nitrogens with zero attached hydrogens (tertiary/aromatic N) is 2. The van der Waals surface area contributed by atoms with Crippen LogP contribution in [0.1, 0.15) is 20.8 Å². The van der Waals surface area contributed by atoms with Gasteiger partial charge >= 0.3 is 0 Å². The lowest BCUT2D eigenvalue weighted by Crippen LogP contribution is -2.44. The highest BCUT2D eigenvalue weighted by Crippen LogP contribution is 2.11. The molecule has 0 saturated carbocycles. The maximum absolute atomic E-state index is 11.7. The summed E-state index contributed by atoms with van der Waals surface area (Å²) in [6, 6.07) is 1.30. The van der Waals surface area contributed by atoms with Gasteiger partial charge in [-0.25, -0.2) is 9.97 Å². The smallest absolute Gasteiger partial charge is 0.231 e. The monoisotopic (exact) mass is 267 g/mol. The van der Waals surface area contributed by atoms with Gasteiger partial charge in [-0.2, -0.15) is 0 Å². The molecule has 1 aromatic heterocycles. The van der Waals surface area contributed by atoms with E-state index in [2.05, 4.69) is 15.3 Å². The number of hydrogen-bond donors (Lipinski definition) is 1. The largest absolute Gasteiger partial charge is 0.345 e. The normalized spacial score (nSPS) is 12.2. The average molecular weight is 267 g/mol. The van der Waals surface area contributed by atoms with Crippen LogP contribution in [0.4, 0.5) is 0 Å². The zero-order chi connectivity index (χ0) is 13.5. The van der Waals surface area contributed by atoms with Crippen molar-refractivity contribution >= 4 is 23.5 Å². The van der Waals surface area contributed by atoms with E-state index in [4.69, 9.17) is 0 Å². The Morgan fingerprint density at radius 2 is 1.94 bits per heavy atom. The molecule has 18 heavy (non-hydrogen) atoms. The molecule has 0 saturated heterocycles. The van der Waals surface area contributed by atoms with Crippen LogP contribution >= 0.6 is 11.8 Å². The highest BCUT2D eigenvalue weighted by Gasteiger charge is 2.20. The molecule has 1 atom stereocenters. The molecule has 0 aliphatic heterocycles. The Morgan fingerprint density at radius 1 is 1.33 bits per heavy atom.